The molecule has 60 valence electrons. The number of rotatable bonds is 2. The zero-order chi connectivity index (χ0) is 7.56. The van der Waals surface area contributed by atoms with E-state index >= 15 is 0 Å². The van der Waals surface area contributed by atoms with Crippen LogP contribution in [0.5, 0.6) is 0 Å². The Balaban J connectivity index is 2.28. The van der Waals surface area contributed by atoms with Crippen molar-refractivity contribution < 1.29 is 5.11 Å². The van der Waals surface area contributed by atoms with Crippen LogP contribution in [-0.2, 0) is 0 Å². The predicted octanol–water partition coefficient (Wildman–Crippen LogP) is 2.19. The van der Waals surface area contributed by atoms with Gasteiger partial charge in [-0.3, -0.25) is 0 Å². The Morgan fingerprint density at radius 1 is 1.50 bits per heavy atom. The standard InChI is InChI=1S/C9H18O/c1-3-8-4-5-9(6-8)7(2)10/h7-10H,3-6H2,1-2H3/t7-,8?,9?/m0/s1. The van der Waals surface area contributed by atoms with Crippen LogP contribution in [-0.4, -0.2) is 11.2 Å². The Morgan fingerprint density at radius 3 is 2.50 bits per heavy atom. The molecule has 1 nitrogen and oxygen atoms in total. The molecule has 0 spiro atoms. The van der Waals surface area contributed by atoms with E-state index in [1.165, 1.54) is 25.7 Å². The molecule has 10 heavy (non-hydrogen) atoms. The van der Waals surface area contributed by atoms with Crippen LogP contribution >= 0.6 is 0 Å². The third kappa shape index (κ3) is 1.72. The van der Waals surface area contributed by atoms with Crippen molar-refractivity contribution in [3.05, 3.63) is 0 Å². The van der Waals surface area contributed by atoms with E-state index in [1.54, 1.807) is 0 Å². The van der Waals surface area contributed by atoms with Crippen molar-refractivity contribution in [2.45, 2.75) is 45.6 Å². The van der Waals surface area contributed by atoms with Crippen molar-refractivity contribution in [3.8, 4) is 0 Å². The SMILES string of the molecule is CCC1CCC([C@H](C)O)C1. The lowest BCUT2D eigenvalue weighted by Gasteiger charge is -2.12. The van der Waals surface area contributed by atoms with Crippen molar-refractivity contribution in [1.82, 2.24) is 0 Å². The largest absolute Gasteiger partial charge is 0.393 e. The normalized spacial score (nSPS) is 36.3. The van der Waals surface area contributed by atoms with Crippen molar-refractivity contribution in [2.24, 2.45) is 11.8 Å². The molecule has 1 N–H and O–H groups in total. The molecule has 2 unspecified atom stereocenters. The molecule has 3 atom stereocenters. The summed E-state index contributed by atoms with van der Waals surface area (Å²) in [5, 5.41) is 9.27. The lowest BCUT2D eigenvalue weighted by Crippen LogP contribution is -2.12. The van der Waals surface area contributed by atoms with E-state index in [0.29, 0.717) is 5.92 Å². The maximum absolute atomic E-state index is 9.27. The Morgan fingerprint density at radius 2 is 2.20 bits per heavy atom. The summed E-state index contributed by atoms with van der Waals surface area (Å²) in [6, 6.07) is 0. The maximum atomic E-state index is 9.27. The van der Waals surface area contributed by atoms with Gasteiger partial charge in [0.05, 0.1) is 6.10 Å². The third-order valence-electron chi connectivity index (χ3n) is 2.84. The van der Waals surface area contributed by atoms with Gasteiger partial charge in [0.2, 0.25) is 0 Å². The number of aliphatic hydroxyl groups is 1. The molecule has 0 amide bonds. The second-order valence-corrected chi connectivity index (χ2v) is 3.59. The van der Waals surface area contributed by atoms with E-state index in [9.17, 15) is 5.11 Å². The van der Waals surface area contributed by atoms with Gasteiger partial charge in [0.1, 0.15) is 0 Å². The Kier molecular flexibility index (Phi) is 2.72. The van der Waals surface area contributed by atoms with Gasteiger partial charge in [0.25, 0.3) is 0 Å². The summed E-state index contributed by atoms with van der Waals surface area (Å²) in [7, 11) is 0. The first-order valence-corrected chi connectivity index (χ1v) is 4.42. The highest BCUT2D eigenvalue weighted by Gasteiger charge is 2.26. The lowest BCUT2D eigenvalue weighted by molar-refractivity contribution is 0.126. The van der Waals surface area contributed by atoms with Crippen molar-refractivity contribution in [1.29, 1.82) is 0 Å². The highest BCUT2D eigenvalue weighted by atomic mass is 16.3. The van der Waals surface area contributed by atoms with Crippen LogP contribution in [0.2, 0.25) is 0 Å². The molecule has 1 heteroatoms. The van der Waals surface area contributed by atoms with Gasteiger partial charge in [0, 0.05) is 0 Å². The summed E-state index contributed by atoms with van der Waals surface area (Å²) in [6.45, 7) is 4.16. The maximum Gasteiger partial charge on any atom is 0.0540 e. The van der Waals surface area contributed by atoms with Gasteiger partial charge in [-0.25, -0.2) is 0 Å². The van der Waals surface area contributed by atoms with Gasteiger partial charge in [-0.2, -0.15) is 0 Å². The minimum Gasteiger partial charge on any atom is -0.393 e. The van der Waals surface area contributed by atoms with Gasteiger partial charge in [-0.05, 0) is 31.6 Å². The van der Waals surface area contributed by atoms with Crippen LogP contribution in [0.25, 0.3) is 0 Å². The molecule has 0 bridgehead atoms. The average molecular weight is 142 g/mol. The van der Waals surface area contributed by atoms with E-state index in [-0.39, 0.29) is 6.10 Å². The second-order valence-electron chi connectivity index (χ2n) is 3.59. The summed E-state index contributed by atoms with van der Waals surface area (Å²) < 4.78 is 0. The number of hydrogen-bond acceptors (Lipinski definition) is 1. The summed E-state index contributed by atoms with van der Waals surface area (Å²) in [5.41, 5.74) is 0. The Bertz CT molecular complexity index is 98.9. The quantitative estimate of drug-likeness (QED) is 0.626. The minimum absolute atomic E-state index is 0.0726. The smallest absolute Gasteiger partial charge is 0.0540 e. The molecule has 1 rings (SSSR count). The second kappa shape index (κ2) is 3.38. The fourth-order valence-electron chi connectivity index (χ4n) is 1.92. The van der Waals surface area contributed by atoms with Crippen LogP contribution in [0.15, 0.2) is 0 Å². The van der Waals surface area contributed by atoms with Crippen molar-refractivity contribution in [3.63, 3.8) is 0 Å². The molecule has 0 aliphatic heterocycles. The first kappa shape index (κ1) is 8.06. The van der Waals surface area contributed by atoms with E-state index in [0.717, 1.165) is 5.92 Å². The Labute approximate surface area is 63.4 Å². The first-order valence-electron chi connectivity index (χ1n) is 4.42. The van der Waals surface area contributed by atoms with Gasteiger partial charge >= 0.3 is 0 Å². The highest BCUT2D eigenvalue weighted by Crippen LogP contribution is 2.34. The topological polar surface area (TPSA) is 20.2 Å². The number of aliphatic hydroxyl groups excluding tert-OH is 1. The van der Waals surface area contributed by atoms with Crippen LogP contribution in [0, 0.1) is 11.8 Å². The Hall–Kier alpha value is -0.0400. The molecule has 0 aromatic heterocycles. The monoisotopic (exact) mass is 142 g/mol. The van der Waals surface area contributed by atoms with E-state index < -0.39 is 0 Å². The van der Waals surface area contributed by atoms with Gasteiger partial charge < -0.3 is 5.11 Å². The molecular formula is C9H18O. The summed E-state index contributed by atoms with van der Waals surface area (Å²) >= 11 is 0. The molecule has 1 aliphatic rings. The fourth-order valence-corrected chi connectivity index (χ4v) is 1.92. The zero-order valence-electron chi connectivity index (χ0n) is 7.01. The molecule has 1 saturated carbocycles. The molecule has 1 fully saturated rings. The highest BCUT2D eigenvalue weighted by molar-refractivity contribution is 4.77. The zero-order valence-corrected chi connectivity index (χ0v) is 7.01. The van der Waals surface area contributed by atoms with Crippen LogP contribution < -0.4 is 0 Å². The van der Waals surface area contributed by atoms with Crippen LogP contribution in [0.4, 0.5) is 0 Å². The summed E-state index contributed by atoms with van der Waals surface area (Å²) in [5.74, 6) is 1.50. The summed E-state index contributed by atoms with van der Waals surface area (Å²) in [4.78, 5) is 0. The van der Waals surface area contributed by atoms with Gasteiger partial charge in [-0.15, -0.1) is 0 Å². The third-order valence-corrected chi connectivity index (χ3v) is 2.84. The predicted molar refractivity (Wildman–Crippen MR) is 42.8 cm³/mol. The first-order chi connectivity index (χ1) is 4.74. The van der Waals surface area contributed by atoms with Gasteiger partial charge in [-0.1, -0.05) is 19.8 Å². The average Bonchev–Trinajstić information content (AvgIpc) is 2.34. The molecular weight excluding hydrogens is 124 g/mol. The van der Waals surface area contributed by atoms with Gasteiger partial charge in [0.15, 0.2) is 0 Å². The molecule has 0 saturated heterocycles. The molecule has 0 radical (unpaired) electrons. The van der Waals surface area contributed by atoms with Crippen molar-refractivity contribution in [2.75, 3.05) is 0 Å². The molecule has 1 aliphatic carbocycles. The number of hydrogen-bond donors (Lipinski definition) is 1. The minimum atomic E-state index is -0.0726. The summed E-state index contributed by atoms with van der Waals surface area (Å²) in [6.07, 6.45) is 5.07. The van der Waals surface area contributed by atoms with E-state index in [4.69, 9.17) is 0 Å². The van der Waals surface area contributed by atoms with Crippen LogP contribution in [0.3, 0.4) is 0 Å². The van der Waals surface area contributed by atoms with Crippen LogP contribution in [0.1, 0.15) is 39.5 Å². The fraction of sp³-hybridized carbons (Fsp3) is 1.00. The molecule has 0 heterocycles. The van der Waals surface area contributed by atoms with Crippen molar-refractivity contribution >= 4 is 0 Å². The molecule has 0 aromatic rings. The lowest BCUT2D eigenvalue weighted by atomic mass is 9.99. The molecule has 0 aromatic carbocycles. The van der Waals surface area contributed by atoms with E-state index in [1.807, 2.05) is 6.92 Å². The van der Waals surface area contributed by atoms with E-state index in [2.05, 4.69) is 6.92 Å².